The monoisotopic (exact) mass is 223 g/mol. The van der Waals surface area contributed by atoms with E-state index in [1.165, 1.54) is 18.4 Å². The van der Waals surface area contributed by atoms with Crippen LogP contribution in [0, 0.1) is 5.92 Å². The summed E-state index contributed by atoms with van der Waals surface area (Å²) in [7, 11) is 0. The van der Waals surface area contributed by atoms with Gasteiger partial charge in [0.1, 0.15) is 0 Å². The van der Waals surface area contributed by atoms with Crippen LogP contribution < -0.4 is 5.32 Å². The van der Waals surface area contributed by atoms with Gasteiger partial charge in [-0.05, 0) is 32.6 Å². The molecule has 3 heteroatoms. The maximum absolute atomic E-state index is 4.26. The van der Waals surface area contributed by atoms with Crippen LogP contribution in [0.2, 0.25) is 0 Å². The van der Waals surface area contributed by atoms with Gasteiger partial charge in [0.25, 0.3) is 0 Å². The molecule has 0 saturated heterocycles. The third-order valence-corrected chi connectivity index (χ3v) is 2.84. The lowest BCUT2D eigenvalue weighted by atomic mass is 10.0. The summed E-state index contributed by atoms with van der Waals surface area (Å²) in [5.41, 5.74) is 1.28. The van der Waals surface area contributed by atoms with Gasteiger partial charge in [-0.15, -0.1) is 0 Å². The van der Waals surface area contributed by atoms with Gasteiger partial charge < -0.3 is 5.32 Å². The van der Waals surface area contributed by atoms with Crippen molar-refractivity contribution >= 4 is 0 Å². The van der Waals surface area contributed by atoms with Crippen molar-refractivity contribution in [2.24, 2.45) is 5.92 Å². The quantitative estimate of drug-likeness (QED) is 0.770. The second kappa shape index (κ2) is 6.69. The molecule has 1 N–H and O–H groups in total. The normalized spacial score (nSPS) is 13.3. The third kappa shape index (κ3) is 4.79. The van der Waals surface area contributed by atoms with Gasteiger partial charge in [-0.1, -0.05) is 13.8 Å². The van der Waals surface area contributed by atoms with Crippen LogP contribution in [0.1, 0.15) is 46.1 Å². The SMILES string of the molecule is CCn1cc(CNC(C)CCC(C)C)cn1. The first-order valence-corrected chi connectivity index (χ1v) is 6.36. The van der Waals surface area contributed by atoms with Crippen LogP contribution in [0.25, 0.3) is 0 Å². The zero-order chi connectivity index (χ0) is 12.0. The minimum Gasteiger partial charge on any atom is -0.310 e. The molecule has 0 aliphatic carbocycles. The van der Waals surface area contributed by atoms with E-state index < -0.39 is 0 Å². The summed E-state index contributed by atoms with van der Waals surface area (Å²) in [4.78, 5) is 0. The van der Waals surface area contributed by atoms with Crippen molar-refractivity contribution in [3.8, 4) is 0 Å². The highest BCUT2D eigenvalue weighted by Gasteiger charge is 2.04. The second-order valence-electron chi connectivity index (χ2n) is 4.96. The summed E-state index contributed by atoms with van der Waals surface area (Å²) in [6, 6.07) is 0.590. The van der Waals surface area contributed by atoms with E-state index in [9.17, 15) is 0 Å². The summed E-state index contributed by atoms with van der Waals surface area (Å²) < 4.78 is 1.97. The van der Waals surface area contributed by atoms with Crippen molar-refractivity contribution in [2.75, 3.05) is 0 Å². The first-order valence-electron chi connectivity index (χ1n) is 6.36. The highest BCUT2D eigenvalue weighted by Crippen LogP contribution is 2.07. The van der Waals surface area contributed by atoms with Crippen LogP contribution in [-0.2, 0) is 13.1 Å². The molecule has 0 aliphatic rings. The van der Waals surface area contributed by atoms with Gasteiger partial charge in [-0.3, -0.25) is 4.68 Å². The van der Waals surface area contributed by atoms with Gasteiger partial charge in [-0.25, -0.2) is 0 Å². The number of nitrogens with one attached hydrogen (secondary N) is 1. The Morgan fingerprint density at radius 3 is 2.62 bits per heavy atom. The average molecular weight is 223 g/mol. The Bertz CT molecular complexity index is 291. The Hall–Kier alpha value is -0.830. The van der Waals surface area contributed by atoms with Crippen molar-refractivity contribution in [1.82, 2.24) is 15.1 Å². The molecule has 1 rings (SSSR count). The smallest absolute Gasteiger partial charge is 0.0534 e. The number of nitrogens with zero attached hydrogens (tertiary/aromatic N) is 2. The molecule has 0 fully saturated rings. The summed E-state index contributed by atoms with van der Waals surface area (Å²) >= 11 is 0. The molecule has 1 aromatic rings. The van der Waals surface area contributed by atoms with E-state index in [0.717, 1.165) is 19.0 Å². The number of aryl methyl sites for hydroxylation is 1. The van der Waals surface area contributed by atoms with Crippen LogP contribution in [-0.4, -0.2) is 15.8 Å². The Morgan fingerprint density at radius 1 is 1.31 bits per heavy atom. The van der Waals surface area contributed by atoms with Gasteiger partial charge in [-0.2, -0.15) is 5.10 Å². The first kappa shape index (κ1) is 13.2. The number of rotatable bonds is 7. The van der Waals surface area contributed by atoms with E-state index in [1.807, 2.05) is 10.9 Å². The molecule has 0 amide bonds. The predicted molar refractivity (Wildman–Crippen MR) is 68.3 cm³/mol. The molecular weight excluding hydrogens is 198 g/mol. The first-order chi connectivity index (χ1) is 7.61. The molecule has 1 aromatic heterocycles. The van der Waals surface area contributed by atoms with E-state index in [2.05, 4.69) is 44.3 Å². The average Bonchev–Trinajstić information content (AvgIpc) is 2.71. The molecule has 1 atom stereocenters. The highest BCUT2D eigenvalue weighted by molar-refractivity contribution is 5.03. The van der Waals surface area contributed by atoms with Crippen molar-refractivity contribution in [2.45, 2.75) is 59.7 Å². The molecule has 1 unspecified atom stereocenters. The van der Waals surface area contributed by atoms with Crippen molar-refractivity contribution < 1.29 is 0 Å². The van der Waals surface area contributed by atoms with Gasteiger partial charge in [0.2, 0.25) is 0 Å². The van der Waals surface area contributed by atoms with E-state index in [-0.39, 0.29) is 0 Å². The molecule has 3 nitrogen and oxygen atoms in total. The van der Waals surface area contributed by atoms with E-state index in [4.69, 9.17) is 0 Å². The fourth-order valence-electron chi connectivity index (χ4n) is 1.65. The molecular formula is C13H25N3. The minimum absolute atomic E-state index is 0.590. The molecule has 0 spiro atoms. The number of hydrogen-bond donors (Lipinski definition) is 1. The van der Waals surface area contributed by atoms with E-state index in [1.54, 1.807) is 0 Å². The zero-order valence-corrected chi connectivity index (χ0v) is 11.0. The lowest BCUT2D eigenvalue weighted by molar-refractivity contribution is 0.450. The fourth-order valence-corrected chi connectivity index (χ4v) is 1.65. The molecule has 0 radical (unpaired) electrons. The van der Waals surface area contributed by atoms with Crippen LogP contribution >= 0.6 is 0 Å². The van der Waals surface area contributed by atoms with Gasteiger partial charge >= 0.3 is 0 Å². The summed E-state index contributed by atoms with van der Waals surface area (Å²) in [5, 5.41) is 7.80. The van der Waals surface area contributed by atoms with Crippen molar-refractivity contribution in [3.05, 3.63) is 18.0 Å². The maximum Gasteiger partial charge on any atom is 0.0534 e. The molecule has 0 aromatic carbocycles. The predicted octanol–water partition coefficient (Wildman–Crippen LogP) is 2.82. The molecule has 0 saturated carbocycles. The van der Waals surface area contributed by atoms with Crippen LogP contribution in [0.15, 0.2) is 12.4 Å². The third-order valence-electron chi connectivity index (χ3n) is 2.84. The largest absolute Gasteiger partial charge is 0.310 e. The molecule has 16 heavy (non-hydrogen) atoms. The number of hydrogen-bond acceptors (Lipinski definition) is 2. The Morgan fingerprint density at radius 2 is 2.06 bits per heavy atom. The Labute approximate surface area is 99.2 Å². The highest BCUT2D eigenvalue weighted by atomic mass is 15.3. The Balaban J connectivity index is 2.23. The molecule has 92 valence electrons. The van der Waals surface area contributed by atoms with Crippen molar-refractivity contribution in [3.63, 3.8) is 0 Å². The minimum atomic E-state index is 0.590. The zero-order valence-electron chi connectivity index (χ0n) is 11.0. The Kier molecular flexibility index (Phi) is 5.53. The molecule has 0 bridgehead atoms. The van der Waals surface area contributed by atoms with Gasteiger partial charge in [0, 0.05) is 30.9 Å². The van der Waals surface area contributed by atoms with E-state index in [0.29, 0.717) is 6.04 Å². The van der Waals surface area contributed by atoms with Crippen LogP contribution in [0.3, 0.4) is 0 Å². The fraction of sp³-hybridized carbons (Fsp3) is 0.769. The van der Waals surface area contributed by atoms with Crippen molar-refractivity contribution in [1.29, 1.82) is 0 Å². The summed E-state index contributed by atoms with van der Waals surface area (Å²) in [5.74, 6) is 0.798. The van der Waals surface area contributed by atoms with Gasteiger partial charge in [0.15, 0.2) is 0 Å². The number of aromatic nitrogens is 2. The van der Waals surface area contributed by atoms with E-state index >= 15 is 0 Å². The van der Waals surface area contributed by atoms with Crippen LogP contribution in [0.4, 0.5) is 0 Å². The lowest BCUT2D eigenvalue weighted by Gasteiger charge is -2.14. The van der Waals surface area contributed by atoms with Crippen LogP contribution in [0.5, 0.6) is 0 Å². The molecule has 0 aliphatic heterocycles. The topological polar surface area (TPSA) is 29.9 Å². The lowest BCUT2D eigenvalue weighted by Crippen LogP contribution is -2.25. The molecule has 1 heterocycles. The van der Waals surface area contributed by atoms with Gasteiger partial charge in [0.05, 0.1) is 6.20 Å². The maximum atomic E-state index is 4.26. The summed E-state index contributed by atoms with van der Waals surface area (Å²) in [6.45, 7) is 10.8. The second-order valence-corrected chi connectivity index (χ2v) is 4.96. The standard InChI is InChI=1S/C13H25N3/c1-5-16-10-13(9-15-16)8-14-12(4)7-6-11(2)3/h9-12,14H,5-8H2,1-4H3. The summed E-state index contributed by atoms with van der Waals surface area (Å²) in [6.07, 6.45) is 6.61.